The molecule has 0 amide bonds. The third-order valence-electron chi connectivity index (χ3n) is 4.41. The number of rotatable bonds is 7. The van der Waals surface area contributed by atoms with Gasteiger partial charge >= 0.3 is 0 Å². The molecule has 0 bridgehead atoms. The van der Waals surface area contributed by atoms with Crippen molar-refractivity contribution in [2.24, 2.45) is 0 Å². The van der Waals surface area contributed by atoms with E-state index in [0.29, 0.717) is 6.61 Å². The Kier molecular flexibility index (Phi) is 5.32. The van der Waals surface area contributed by atoms with Crippen LogP contribution in [0.3, 0.4) is 0 Å². The quantitative estimate of drug-likeness (QED) is 0.482. The number of hydrogen-bond acceptors (Lipinski definition) is 2. The fourth-order valence-corrected chi connectivity index (χ4v) is 3.32. The van der Waals surface area contributed by atoms with Crippen LogP contribution >= 0.6 is 0 Å². The molecule has 0 saturated heterocycles. The Morgan fingerprint density at radius 1 is 0.760 bits per heavy atom. The number of allylic oxidation sites excluding steroid dienone is 1. The molecule has 0 fully saturated rings. The molecule has 2 nitrogen and oxygen atoms in total. The molecular formula is C23H23NO. The SMILES string of the molecule is C=C(NOCC)C(c1ccccc1)(c1ccccc1)c1ccccc1. The Morgan fingerprint density at radius 3 is 1.44 bits per heavy atom. The summed E-state index contributed by atoms with van der Waals surface area (Å²) in [6, 6.07) is 31.3. The zero-order valence-corrected chi connectivity index (χ0v) is 14.5. The number of hydrogen-bond donors (Lipinski definition) is 1. The maximum absolute atomic E-state index is 5.52. The molecule has 0 aliphatic rings. The van der Waals surface area contributed by atoms with E-state index in [1.54, 1.807) is 0 Å². The summed E-state index contributed by atoms with van der Waals surface area (Å²) < 4.78 is 0. The minimum absolute atomic E-state index is 0.543. The summed E-state index contributed by atoms with van der Waals surface area (Å²) in [6.07, 6.45) is 0. The third kappa shape index (κ3) is 3.21. The van der Waals surface area contributed by atoms with Gasteiger partial charge in [-0.25, -0.2) is 0 Å². The van der Waals surface area contributed by atoms with E-state index in [0.717, 1.165) is 22.4 Å². The Hall–Kier alpha value is -2.84. The predicted molar refractivity (Wildman–Crippen MR) is 103 cm³/mol. The largest absolute Gasteiger partial charge is 0.277 e. The normalized spacial score (nSPS) is 11.1. The van der Waals surface area contributed by atoms with Gasteiger partial charge in [0.15, 0.2) is 0 Å². The lowest BCUT2D eigenvalue weighted by Crippen LogP contribution is -2.37. The van der Waals surface area contributed by atoms with Gasteiger partial charge in [-0.05, 0) is 23.6 Å². The van der Waals surface area contributed by atoms with Gasteiger partial charge in [-0.1, -0.05) is 97.6 Å². The molecule has 0 unspecified atom stereocenters. The second-order valence-electron chi connectivity index (χ2n) is 5.86. The van der Waals surface area contributed by atoms with Crippen molar-refractivity contribution in [3.8, 4) is 0 Å². The first-order chi connectivity index (χ1) is 12.3. The number of nitrogens with one attached hydrogen (secondary N) is 1. The van der Waals surface area contributed by atoms with E-state index >= 15 is 0 Å². The first-order valence-electron chi connectivity index (χ1n) is 8.54. The highest BCUT2D eigenvalue weighted by molar-refractivity contribution is 5.57. The third-order valence-corrected chi connectivity index (χ3v) is 4.41. The van der Waals surface area contributed by atoms with Crippen LogP contribution in [0.1, 0.15) is 23.6 Å². The van der Waals surface area contributed by atoms with Gasteiger partial charge in [0.1, 0.15) is 0 Å². The van der Waals surface area contributed by atoms with Crippen molar-refractivity contribution in [2.45, 2.75) is 12.3 Å². The van der Waals surface area contributed by atoms with Crippen molar-refractivity contribution in [1.82, 2.24) is 5.48 Å². The number of hydroxylamine groups is 1. The fourth-order valence-electron chi connectivity index (χ4n) is 3.32. The van der Waals surface area contributed by atoms with Gasteiger partial charge in [0, 0.05) is 0 Å². The van der Waals surface area contributed by atoms with Gasteiger partial charge in [0.2, 0.25) is 0 Å². The monoisotopic (exact) mass is 329 g/mol. The molecule has 3 rings (SSSR count). The molecule has 0 saturated carbocycles. The first kappa shape index (κ1) is 17.0. The van der Waals surface area contributed by atoms with Crippen molar-refractivity contribution < 1.29 is 4.84 Å². The predicted octanol–water partition coefficient (Wildman–Crippen LogP) is 5.08. The topological polar surface area (TPSA) is 21.3 Å². The number of benzene rings is 3. The first-order valence-corrected chi connectivity index (χ1v) is 8.54. The summed E-state index contributed by atoms with van der Waals surface area (Å²) in [6.45, 7) is 6.87. The van der Waals surface area contributed by atoms with E-state index in [2.05, 4.69) is 84.9 Å². The van der Waals surface area contributed by atoms with Crippen molar-refractivity contribution >= 4 is 0 Å². The second-order valence-corrected chi connectivity index (χ2v) is 5.86. The van der Waals surface area contributed by atoms with Crippen LogP contribution in [0.5, 0.6) is 0 Å². The van der Waals surface area contributed by atoms with Gasteiger partial charge < -0.3 is 0 Å². The van der Waals surface area contributed by atoms with Crippen molar-refractivity contribution in [3.63, 3.8) is 0 Å². The van der Waals surface area contributed by atoms with Crippen molar-refractivity contribution in [1.29, 1.82) is 0 Å². The summed E-state index contributed by atoms with van der Waals surface area (Å²) in [5.74, 6) is 0. The zero-order chi connectivity index (χ0) is 17.5. The molecule has 0 aliphatic carbocycles. The molecule has 0 atom stereocenters. The second kappa shape index (κ2) is 7.82. The van der Waals surface area contributed by atoms with Gasteiger partial charge in [-0.3, -0.25) is 10.3 Å². The molecule has 3 aromatic carbocycles. The van der Waals surface area contributed by atoms with Crippen LogP contribution < -0.4 is 5.48 Å². The van der Waals surface area contributed by atoms with Gasteiger partial charge in [-0.15, -0.1) is 0 Å². The van der Waals surface area contributed by atoms with E-state index in [-0.39, 0.29) is 0 Å². The van der Waals surface area contributed by atoms with Crippen LogP contribution in [0.2, 0.25) is 0 Å². The highest BCUT2D eigenvalue weighted by atomic mass is 16.6. The molecule has 126 valence electrons. The van der Waals surface area contributed by atoms with Gasteiger partial charge in [0.25, 0.3) is 0 Å². The van der Waals surface area contributed by atoms with Crippen molar-refractivity contribution in [3.05, 3.63) is 120 Å². The summed E-state index contributed by atoms with van der Waals surface area (Å²) in [5, 5.41) is 0. The maximum Gasteiger partial charge on any atom is 0.0865 e. The molecule has 0 heterocycles. The van der Waals surface area contributed by atoms with E-state index in [9.17, 15) is 0 Å². The molecule has 0 spiro atoms. The summed E-state index contributed by atoms with van der Waals surface area (Å²) in [4.78, 5) is 5.52. The van der Waals surface area contributed by atoms with E-state index < -0.39 is 5.41 Å². The molecule has 1 N–H and O–H groups in total. The van der Waals surface area contributed by atoms with Gasteiger partial charge in [-0.2, -0.15) is 0 Å². The lowest BCUT2D eigenvalue weighted by atomic mass is 9.67. The highest BCUT2D eigenvalue weighted by Gasteiger charge is 2.39. The van der Waals surface area contributed by atoms with Crippen LogP contribution in [0.15, 0.2) is 103 Å². The Labute approximate surface area is 149 Å². The van der Waals surface area contributed by atoms with Crippen LogP contribution in [-0.4, -0.2) is 6.61 Å². The summed E-state index contributed by atoms with van der Waals surface area (Å²) in [7, 11) is 0. The van der Waals surface area contributed by atoms with Crippen LogP contribution in [0.4, 0.5) is 0 Å². The summed E-state index contributed by atoms with van der Waals surface area (Å²) >= 11 is 0. The minimum Gasteiger partial charge on any atom is -0.277 e. The molecule has 2 heteroatoms. The lowest BCUT2D eigenvalue weighted by Gasteiger charge is -2.37. The Morgan fingerprint density at radius 2 is 1.12 bits per heavy atom. The van der Waals surface area contributed by atoms with E-state index in [1.807, 2.05) is 25.1 Å². The minimum atomic E-state index is -0.543. The molecule has 0 aromatic heterocycles. The van der Waals surface area contributed by atoms with Gasteiger partial charge in [0.05, 0.1) is 17.7 Å². The molecule has 25 heavy (non-hydrogen) atoms. The standard InChI is InChI=1S/C23H23NO/c1-3-25-24-19(2)23(20-13-7-4-8-14-20,21-15-9-5-10-16-21)22-17-11-6-12-18-22/h4-18,24H,2-3H2,1H3. The smallest absolute Gasteiger partial charge is 0.0865 e. The van der Waals surface area contributed by atoms with E-state index in [4.69, 9.17) is 4.84 Å². The maximum atomic E-state index is 5.52. The lowest BCUT2D eigenvalue weighted by molar-refractivity contribution is 0.0673. The molecule has 3 aromatic rings. The van der Waals surface area contributed by atoms with Crippen molar-refractivity contribution in [2.75, 3.05) is 6.61 Å². The molecule has 0 aliphatic heterocycles. The summed E-state index contributed by atoms with van der Waals surface area (Å²) in [5.41, 5.74) is 6.75. The Bertz CT molecular complexity index is 701. The Balaban J connectivity index is 2.30. The van der Waals surface area contributed by atoms with Crippen LogP contribution in [0.25, 0.3) is 0 Å². The van der Waals surface area contributed by atoms with Crippen LogP contribution in [0, 0.1) is 0 Å². The van der Waals surface area contributed by atoms with Crippen LogP contribution in [-0.2, 0) is 10.3 Å². The van der Waals surface area contributed by atoms with E-state index in [1.165, 1.54) is 0 Å². The molecular weight excluding hydrogens is 306 g/mol. The average Bonchev–Trinajstić information content (AvgIpc) is 2.69. The fraction of sp³-hybridized carbons (Fsp3) is 0.130. The molecule has 0 radical (unpaired) electrons. The zero-order valence-electron chi connectivity index (χ0n) is 14.5. The highest BCUT2D eigenvalue weighted by Crippen LogP contribution is 2.43. The average molecular weight is 329 g/mol.